The zero-order chi connectivity index (χ0) is 17.4. The first-order valence-electron chi connectivity index (χ1n) is 7.36. The minimum Gasteiger partial charge on any atom is -0.478 e. The number of rotatable bonds is 4. The third kappa shape index (κ3) is 2.46. The summed E-state index contributed by atoms with van der Waals surface area (Å²) in [6.45, 7) is 1.89. The molecule has 0 amide bonds. The maximum atomic E-state index is 12.9. The lowest BCUT2D eigenvalue weighted by atomic mass is 10.1. The highest BCUT2D eigenvalue weighted by Gasteiger charge is 2.24. The summed E-state index contributed by atoms with van der Waals surface area (Å²) in [5.41, 5.74) is 0.286. The van der Waals surface area contributed by atoms with Gasteiger partial charge in [0.2, 0.25) is 5.43 Å². The van der Waals surface area contributed by atoms with E-state index in [0.29, 0.717) is 10.1 Å². The quantitative estimate of drug-likeness (QED) is 0.735. The molecule has 0 aliphatic carbocycles. The first-order chi connectivity index (χ1) is 11.5. The van der Waals surface area contributed by atoms with E-state index < -0.39 is 11.9 Å². The van der Waals surface area contributed by atoms with Crippen LogP contribution in [0.25, 0.3) is 21.0 Å². The molecule has 2 aromatic heterocycles. The number of aromatic carboxylic acids is 1. The SMILES string of the molecule is CCOC(=O)Cc1c(C(=O)O)c2ccc3ccsc3c(=O)c2n1C. The van der Waals surface area contributed by atoms with Crippen LogP contribution in [0.1, 0.15) is 23.0 Å². The fourth-order valence-corrected chi connectivity index (χ4v) is 3.73. The molecule has 3 rings (SSSR count). The maximum absolute atomic E-state index is 12.9. The second-order valence-electron chi connectivity index (χ2n) is 5.30. The summed E-state index contributed by atoms with van der Waals surface area (Å²) in [6, 6.07) is 5.18. The summed E-state index contributed by atoms with van der Waals surface area (Å²) < 4.78 is 6.97. The molecule has 0 atom stereocenters. The van der Waals surface area contributed by atoms with E-state index in [0.717, 1.165) is 5.39 Å². The molecule has 0 unspecified atom stereocenters. The van der Waals surface area contributed by atoms with E-state index in [-0.39, 0.29) is 35.2 Å². The third-order valence-electron chi connectivity index (χ3n) is 3.93. The van der Waals surface area contributed by atoms with Gasteiger partial charge in [-0.15, -0.1) is 11.3 Å². The van der Waals surface area contributed by atoms with Crippen molar-refractivity contribution in [1.82, 2.24) is 4.57 Å². The van der Waals surface area contributed by atoms with Crippen molar-refractivity contribution < 1.29 is 19.4 Å². The van der Waals surface area contributed by atoms with E-state index in [1.165, 1.54) is 15.9 Å². The number of aromatic nitrogens is 1. The maximum Gasteiger partial charge on any atom is 0.338 e. The molecule has 124 valence electrons. The van der Waals surface area contributed by atoms with Crippen LogP contribution in [0.15, 0.2) is 28.4 Å². The average Bonchev–Trinajstić information content (AvgIpc) is 3.05. The lowest BCUT2D eigenvalue weighted by Gasteiger charge is -2.05. The molecule has 6 nitrogen and oxygen atoms in total. The van der Waals surface area contributed by atoms with E-state index in [4.69, 9.17) is 4.74 Å². The lowest BCUT2D eigenvalue weighted by Crippen LogP contribution is -2.14. The number of aryl methyl sites for hydroxylation is 1. The molecule has 0 aliphatic rings. The van der Waals surface area contributed by atoms with Gasteiger partial charge in [-0.05, 0) is 23.8 Å². The Morgan fingerprint density at radius 3 is 2.71 bits per heavy atom. The minimum absolute atomic E-state index is 0.0275. The van der Waals surface area contributed by atoms with Crippen molar-refractivity contribution in [3.63, 3.8) is 0 Å². The second kappa shape index (κ2) is 6.09. The molecule has 1 N–H and O–H groups in total. The molecule has 0 saturated carbocycles. The van der Waals surface area contributed by atoms with E-state index in [2.05, 4.69) is 0 Å². The van der Waals surface area contributed by atoms with Crippen molar-refractivity contribution in [3.05, 3.63) is 45.1 Å². The van der Waals surface area contributed by atoms with Crippen LogP contribution < -0.4 is 5.43 Å². The third-order valence-corrected chi connectivity index (χ3v) is 4.86. The predicted octanol–water partition coefficient (Wildman–Crippen LogP) is 2.56. The van der Waals surface area contributed by atoms with E-state index >= 15 is 0 Å². The van der Waals surface area contributed by atoms with Crippen molar-refractivity contribution in [2.45, 2.75) is 13.3 Å². The predicted molar refractivity (Wildman–Crippen MR) is 91.9 cm³/mol. The highest BCUT2D eigenvalue weighted by atomic mass is 32.1. The molecule has 0 spiro atoms. The summed E-state index contributed by atoms with van der Waals surface area (Å²) in [6.07, 6.45) is -0.197. The number of ether oxygens (including phenoxy) is 1. The van der Waals surface area contributed by atoms with Crippen molar-refractivity contribution >= 4 is 44.3 Å². The molecular weight excluding hydrogens is 330 g/mol. The smallest absolute Gasteiger partial charge is 0.338 e. The first kappa shape index (κ1) is 16.2. The second-order valence-corrected chi connectivity index (χ2v) is 6.21. The number of fused-ring (bicyclic) bond motifs is 2. The average molecular weight is 345 g/mol. The van der Waals surface area contributed by atoms with Crippen molar-refractivity contribution in [3.8, 4) is 0 Å². The standard InChI is InChI=1S/C17H15NO5S/c1-3-23-12(19)8-11-13(17(21)22)10-5-4-9-6-7-24-16(9)15(20)14(10)18(11)2/h4-7H,3,8H2,1-2H3,(H,21,22). The van der Waals surface area contributed by atoms with Crippen molar-refractivity contribution in [2.75, 3.05) is 6.61 Å². The molecule has 24 heavy (non-hydrogen) atoms. The monoisotopic (exact) mass is 345 g/mol. The molecule has 0 aliphatic heterocycles. The van der Waals surface area contributed by atoms with Crippen LogP contribution >= 0.6 is 11.3 Å². The van der Waals surface area contributed by atoms with Crippen molar-refractivity contribution in [2.24, 2.45) is 7.05 Å². The number of carbonyl (C=O) groups excluding carboxylic acids is 1. The van der Waals surface area contributed by atoms with Gasteiger partial charge in [-0.3, -0.25) is 9.59 Å². The van der Waals surface area contributed by atoms with Gasteiger partial charge in [-0.25, -0.2) is 4.79 Å². The Hall–Kier alpha value is -2.67. The Morgan fingerprint density at radius 2 is 2.04 bits per heavy atom. The Kier molecular flexibility index (Phi) is 4.11. The van der Waals surface area contributed by atoms with Gasteiger partial charge in [-0.2, -0.15) is 0 Å². The normalized spacial score (nSPS) is 11.1. The van der Waals surface area contributed by atoms with Crippen LogP contribution in [0.5, 0.6) is 0 Å². The van der Waals surface area contributed by atoms with E-state index in [9.17, 15) is 19.5 Å². The van der Waals surface area contributed by atoms with E-state index in [1.54, 1.807) is 26.1 Å². The molecular formula is C17H15NO5S. The lowest BCUT2D eigenvalue weighted by molar-refractivity contribution is -0.142. The molecule has 1 aromatic carbocycles. The summed E-state index contributed by atoms with van der Waals surface area (Å²) >= 11 is 1.31. The largest absolute Gasteiger partial charge is 0.478 e. The van der Waals surface area contributed by atoms with Gasteiger partial charge < -0.3 is 14.4 Å². The molecule has 7 heteroatoms. The zero-order valence-electron chi connectivity index (χ0n) is 13.2. The Morgan fingerprint density at radius 1 is 1.29 bits per heavy atom. The highest BCUT2D eigenvalue weighted by molar-refractivity contribution is 7.17. The van der Waals surface area contributed by atoms with Gasteiger partial charge in [0.1, 0.15) is 0 Å². The number of esters is 1. The van der Waals surface area contributed by atoms with Gasteiger partial charge in [0.15, 0.2) is 0 Å². The van der Waals surface area contributed by atoms with Crippen LogP contribution in [0.4, 0.5) is 0 Å². The summed E-state index contributed by atoms with van der Waals surface area (Å²) in [5, 5.41) is 12.5. The first-order valence-corrected chi connectivity index (χ1v) is 8.24. The molecule has 3 aromatic rings. The summed E-state index contributed by atoms with van der Waals surface area (Å²) in [5.74, 6) is -1.70. The van der Waals surface area contributed by atoms with Gasteiger partial charge >= 0.3 is 11.9 Å². The van der Waals surface area contributed by atoms with Crippen LogP contribution in [0.3, 0.4) is 0 Å². The molecule has 0 radical (unpaired) electrons. The summed E-state index contributed by atoms with van der Waals surface area (Å²) in [4.78, 5) is 36.4. The van der Waals surface area contributed by atoms with E-state index in [1.807, 2.05) is 11.4 Å². The molecule has 0 bridgehead atoms. The van der Waals surface area contributed by atoms with Gasteiger partial charge in [-0.1, -0.05) is 12.1 Å². The fourth-order valence-electron chi connectivity index (χ4n) is 2.90. The van der Waals surface area contributed by atoms with Crippen LogP contribution in [0, 0.1) is 0 Å². The molecule has 0 fully saturated rings. The number of thiophene rings is 1. The van der Waals surface area contributed by atoms with Crippen LogP contribution in [-0.2, 0) is 23.0 Å². The number of hydrogen-bond acceptors (Lipinski definition) is 5. The van der Waals surface area contributed by atoms with Crippen LogP contribution in [-0.4, -0.2) is 28.2 Å². The zero-order valence-corrected chi connectivity index (χ0v) is 14.0. The number of hydrogen-bond donors (Lipinski definition) is 1. The Labute approximate surface area is 140 Å². The van der Waals surface area contributed by atoms with Gasteiger partial charge in [0.05, 0.1) is 28.8 Å². The fraction of sp³-hybridized carbons (Fsp3) is 0.235. The Balaban J connectivity index is 2.39. The number of nitrogens with zero attached hydrogens (tertiary/aromatic N) is 1. The molecule has 2 heterocycles. The number of carboxylic acid groups (broad SMARTS) is 1. The topological polar surface area (TPSA) is 85.6 Å². The Bertz CT molecular complexity index is 1030. The summed E-state index contributed by atoms with van der Waals surface area (Å²) in [7, 11) is 1.60. The van der Waals surface area contributed by atoms with Crippen LogP contribution in [0.2, 0.25) is 0 Å². The number of carboxylic acids is 1. The van der Waals surface area contributed by atoms with Gasteiger partial charge in [0.25, 0.3) is 0 Å². The van der Waals surface area contributed by atoms with Crippen molar-refractivity contribution in [1.29, 1.82) is 0 Å². The minimum atomic E-state index is -1.17. The highest BCUT2D eigenvalue weighted by Crippen LogP contribution is 2.27. The number of carbonyl (C=O) groups is 2. The van der Waals surface area contributed by atoms with Gasteiger partial charge in [0, 0.05) is 18.1 Å². The molecule has 0 saturated heterocycles.